The van der Waals surface area contributed by atoms with Gasteiger partial charge in [0.25, 0.3) is 0 Å². The second kappa shape index (κ2) is 33.5. The van der Waals surface area contributed by atoms with E-state index in [0.717, 1.165) is 57.8 Å². The molecule has 0 aliphatic heterocycles. The van der Waals surface area contributed by atoms with Gasteiger partial charge in [-0.2, -0.15) is 0 Å². The average Bonchev–Trinajstić information content (AvgIpc) is 3.35. The van der Waals surface area contributed by atoms with Crippen LogP contribution >= 0.6 is 23.5 Å². The summed E-state index contributed by atoms with van der Waals surface area (Å²) in [5.41, 5.74) is 5.25. The third kappa shape index (κ3) is 24.2. The van der Waals surface area contributed by atoms with Gasteiger partial charge in [0.15, 0.2) is 10.2 Å². The molecular weight excluding hydrogens is 901 g/mol. The van der Waals surface area contributed by atoms with E-state index in [1.807, 2.05) is 166 Å². The molecule has 4 N–H and O–H groups in total. The maximum absolute atomic E-state index is 13.3. The number of nitrogens with one attached hydrogen (secondary N) is 4. The number of hydrogen-bond acceptors (Lipinski definition) is 8. The van der Waals surface area contributed by atoms with Crippen LogP contribution in [0.1, 0.15) is 75.8 Å². The van der Waals surface area contributed by atoms with E-state index in [9.17, 15) is 28.8 Å². The lowest BCUT2D eigenvalue weighted by molar-refractivity contribution is -0.131. The van der Waals surface area contributed by atoms with Crippen molar-refractivity contribution in [2.75, 3.05) is 24.6 Å². The zero-order valence-corrected chi connectivity index (χ0v) is 42.8. The van der Waals surface area contributed by atoms with Crippen LogP contribution in [0.4, 0.5) is 0 Å². The van der Waals surface area contributed by atoms with Crippen LogP contribution in [0, 0.1) is 17.8 Å². The Morgan fingerprint density at radius 3 is 1.06 bits per heavy atom. The van der Waals surface area contributed by atoms with Crippen LogP contribution in [0.5, 0.6) is 0 Å². The van der Waals surface area contributed by atoms with Crippen molar-refractivity contribution in [3.63, 3.8) is 0 Å². The monoisotopic (exact) mass is 972 g/mol. The molecule has 5 aromatic carbocycles. The summed E-state index contributed by atoms with van der Waals surface area (Å²) in [5.74, 6) is -0.451. The van der Waals surface area contributed by atoms with Crippen LogP contribution < -0.4 is 21.3 Å². The minimum Gasteiger partial charge on any atom is -0.354 e. The Morgan fingerprint density at radius 2 is 0.725 bits per heavy atom. The number of benzene rings is 5. The van der Waals surface area contributed by atoms with Gasteiger partial charge in [-0.3, -0.25) is 28.8 Å². The number of thioether (sulfide) groups is 2. The van der Waals surface area contributed by atoms with Gasteiger partial charge in [-0.1, -0.05) is 203 Å². The lowest BCUT2D eigenvalue weighted by Crippen LogP contribution is -2.50. The van der Waals surface area contributed by atoms with Crippen molar-refractivity contribution < 1.29 is 28.8 Å². The maximum Gasteiger partial charge on any atom is 0.242 e. The maximum atomic E-state index is 13.3. The van der Waals surface area contributed by atoms with E-state index in [4.69, 9.17) is 0 Å². The van der Waals surface area contributed by atoms with Gasteiger partial charge in [0, 0.05) is 57.2 Å². The molecule has 0 radical (unpaired) electrons. The molecular formula is C57H72N4O6S2. The summed E-state index contributed by atoms with van der Waals surface area (Å²) in [4.78, 5) is 75.6. The second-order valence-corrected chi connectivity index (χ2v) is 19.3. The Balaban J connectivity index is 0.000000354. The smallest absolute Gasteiger partial charge is 0.242 e. The summed E-state index contributed by atoms with van der Waals surface area (Å²) in [6, 6.07) is 47.6. The van der Waals surface area contributed by atoms with E-state index in [1.54, 1.807) is 0 Å². The molecule has 10 nitrogen and oxygen atoms in total. The van der Waals surface area contributed by atoms with Gasteiger partial charge in [-0.15, -0.1) is 0 Å². The minimum absolute atomic E-state index is 0.00829. The number of amides is 4. The predicted molar refractivity (Wildman–Crippen MR) is 285 cm³/mol. The quantitative estimate of drug-likeness (QED) is 0.0478. The summed E-state index contributed by atoms with van der Waals surface area (Å²) in [7, 11) is 0. The highest BCUT2D eigenvalue weighted by molar-refractivity contribution is 8.13. The number of carbonyl (C=O) groups excluding carboxylic acids is 6. The van der Waals surface area contributed by atoms with Crippen molar-refractivity contribution in [3.8, 4) is 0 Å². The van der Waals surface area contributed by atoms with Crippen molar-refractivity contribution in [1.82, 2.24) is 21.3 Å². The number of carbonyl (C=O) groups is 6. The normalized spacial score (nSPS) is 12.3. The first-order valence-electron chi connectivity index (χ1n) is 24.0. The first kappa shape index (κ1) is 57.3. The molecule has 0 aliphatic rings. The predicted octanol–water partition coefficient (Wildman–Crippen LogP) is 9.25. The SMILES string of the molecule is CC.CC(=O)SCC(CC(C)C)C(=O)NC(Cc1ccccc1)C(=O)NCCc1ccccc1.CC(=O)SCC(Cc1ccccc1)C(=O)NC(Cc1ccccc1)C(=O)NCCc1ccccc1. The molecule has 12 heteroatoms. The standard InChI is InChI=1S/C29H32N2O3S.C26H34N2O3S.C2H6/c1-22(32)35-21-26(19-24-13-7-3-8-14-24)28(33)31-27(20-25-15-9-4-10-16-25)29(34)30-18-17-23-11-5-2-6-12-23;1-19(2)16-23(18-32-20(3)29)25(30)28-24(17-22-12-8-5-9-13-22)26(31)27-15-14-21-10-6-4-7-11-21;1-2/h2-16,26-27H,17-21H2,1H3,(H,30,34)(H,31,33);4-13,19,23-24H,14-18H2,1-3H3,(H,27,31)(H,28,30);1-2H3. The zero-order valence-electron chi connectivity index (χ0n) is 41.2. The van der Waals surface area contributed by atoms with E-state index >= 15 is 0 Å². The summed E-state index contributed by atoms with van der Waals surface area (Å²) < 4.78 is 0. The molecule has 368 valence electrons. The van der Waals surface area contributed by atoms with E-state index in [-0.39, 0.29) is 39.8 Å². The summed E-state index contributed by atoms with van der Waals surface area (Å²) in [5, 5.41) is 11.9. The molecule has 0 saturated heterocycles. The molecule has 0 fully saturated rings. The summed E-state index contributed by atoms with van der Waals surface area (Å²) in [6.07, 6.45) is 3.41. The second-order valence-electron chi connectivity index (χ2n) is 16.9. The molecule has 0 aliphatic carbocycles. The third-order valence-corrected chi connectivity index (χ3v) is 12.7. The van der Waals surface area contributed by atoms with Gasteiger partial charge >= 0.3 is 0 Å². The molecule has 0 saturated carbocycles. The highest BCUT2D eigenvalue weighted by atomic mass is 32.2. The lowest BCUT2D eigenvalue weighted by atomic mass is 9.97. The van der Waals surface area contributed by atoms with Crippen molar-refractivity contribution >= 4 is 57.4 Å². The van der Waals surface area contributed by atoms with Crippen LogP contribution in [-0.4, -0.2) is 70.5 Å². The molecule has 0 aromatic heterocycles. The molecule has 69 heavy (non-hydrogen) atoms. The summed E-state index contributed by atoms with van der Waals surface area (Å²) in [6.45, 7) is 12.1. The fourth-order valence-electron chi connectivity index (χ4n) is 7.27. The van der Waals surface area contributed by atoms with E-state index < -0.39 is 18.0 Å². The molecule has 5 aromatic rings. The van der Waals surface area contributed by atoms with Gasteiger partial charge < -0.3 is 21.3 Å². The van der Waals surface area contributed by atoms with Crippen LogP contribution in [0.3, 0.4) is 0 Å². The van der Waals surface area contributed by atoms with Crippen molar-refractivity contribution in [1.29, 1.82) is 0 Å². The van der Waals surface area contributed by atoms with E-state index in [1.165, 1.54) is 13.8 Å². The Labute approximate surface area is 419 Å². The molecule has 4 unspecified atom stereocenters. The Bertz CT molecular complexity index is 2250. The van der Waals surface area contributed by atoms with Gasteiger partial charge in [-0.25, -0.2) is 0 Å². The highest BCUT2D eigenvalue weighted by Gasteiger charge is 2.28. The number of hydrogen-bond donors (Lipinski definition) is 4. The third-order valence-electron chi connectivity index (χ3n) is 10.7. The molecule has 0 heterocycles. The zero-order chi connectivity index (χ0) is 50.2. The van der Waals surface area contributed by atoms with E-state index in [0.29, 0.717) is 62.6 Å². The average molecular weight is 973 g/mol. The topological polar surface area (TPSA) is 151 Å². The first-order valence-corrected chi connectivity index (χ1v) is 26.0. The van der Waals surface area contributed by atoms with Crippen LogP contribution in [0.2, 0.25) is 0 Å². The minimum atomic E-state index is -0.707. The number of rotatable bonds is 24. The largest absolute Gasteiger partial charge is 0.354 e. The Kier molecular flexibility index (Phi) is 27.8. The first-order chi connectivity index (χ1) is 33.4. The van der Waals surface area contributed by atoms with Gasteiger partial charge in [0.2, 0.25) is 23.6 Å². The molecule has 0 bridgehead atoms. The molecule has 0 spiro atoms. The summed E-state index contributed by atoms with van der Waals surface area (Å²) >= 11 is 2.30. The van der Waals surface area contributed by atoms with Gasteiger partial charge in [0.05, 0.1) is 5.92 Å². The van der Waals surface area contributed by atoms with Crippen LogP contribution in [0.25, 0.3) is 0 Å². The fourth-order valence-corrected chi connectivity index (χ4v) is 8.70. The van der Waals surface area contributed by atoms with Crippen molar-refractivity contribution in [2.45, 2.75) is 92.2 Å². The van der Waals surface area contributed by atoms with Crippen LogP contribution in [-0.2, 0) is 60.9 Å². The van der Waals surface area contributed by atoms with Crippen molar-refractivity contribution in [2.24, 2.45) is 17.8 Å². The molecule has 4 atom stereocenters. The van der Waals surface area contributed by atoms with Gasteiger partial charge in [0.1, 0.15) is 12.1 Å². The molecule has 5 rings (SSSR count). The lowest BCUT2D eigenvalue weighted by Gasteiger charge is -2.23. The molecule has 4 amide bonds. The van der Waals surface area contributed by atoms with E-state index in [2.05, 4.69) is 35.1 Å². The Hall–Kier alpha value is -5.98. The van der Waals surface area contributed by atoms with Gasteiger partial charge in [-0.05, 0) is 59.4 Å². The fraction of sp³-hybridized carbons (Fsp3) is 0.368. The van der Waals surface area contributed by atoms with Crippen LogP contribution in [0.15, 0.2) is 152 Å². The van der Waals surface area contributed by atoms with Crippen molar-refractivity contribution in [3.05, 3.63) is 179 Å². The highest BCUT2D eigenvalue weighted by Crippen LogP contribution is 2.20. The Morgan fingerprint density at radius 1 is 0.420 bits per heavy atom.